The van der Waals surface area contributed by atoms with Crippen LogP contribution in [0.4, 0.5) is 0 Å². The number of ether oxygens (including phenoxy) is 1. The summed E-state index contributed by atoms with van der Waals surface area (Å²) in [6, 6.07) is 15.8. The smallest absolute Gasteiger partial charge is 0.253 e. The fourth-order valence-electron chi connectivity index (χ4n) is 4.96. The van der Waals surface area contributed by atoms with E-state index in [1.807, 2.05) is 53.4 Å². The number of nitrogens with zero attached hydrogens (tertiary/aromatic N) is 3. The number of hydrogen-bond acceptors (Lipinski definition) is 6. The third kappa shape index (κ3) is 6.66. The molecule has 5 rings (SSSR count). The maximum absolute atomic E-state index is 12.9. The molecule has 2 aromatic carbocycles. The second kappa shape index (κ2) is 13.0. The van der Waals surface area contributed by atoms with Crippen molar-refractivity contribution in [2.24, 2.45) is 11.7 Å². The Morgan fingerprint density at radius 2 is 1.59 bits per heavy atom. The second-order valence-corrected chi connectivity index (χ2v) is 9.74. The summed E-state index contributed by atoms with van der Waals surface area (Å²) in [5.74, 6) is 1.16. The van der Waals surface area contributed by atoms with Crippen molar-refractivity contribution < 1.29 is 9.53 Å². The van der Waals surface area contributed by atoms with Crippen molar-refractivity contribution in [2.45, 2.75) is 38.6 Å². The zero-order valence-corrected chi connectivity index (χ0v) is 22.0. The summed E-state index contributed by atoms with van der Waals surface area (Å²) < 4.78 is 6.10. The summed E-state index contributed by atoms with van der Waals surface area (Å²) in [6.45, 7) is 4.88. The number of nitrogens with two attached hydrogens (primary N) is 1. The number of likely N-dealkylation sites (tertiary alicyclic amines) is 1. The van der Waals surface area contributed by atoms with Crippen LogP contribution in [0.2, 0.25) is 0 Å². The molecule has 0 aliphatic carbocycles. The highest BCUT2D eigenvalue weighted by Gasteiger charge is 2.20. The summed E-state index contributed by atoms with van der Waals surface area (Å²) in [6.07, 6.45) is 7.29. The largest absolute Gasteiger partial charge is 0.476 e. The predicted octanol–water partition coefficient (Wildman–Crippen LogP) is 4.70. The summed E-state index contributed by atoms with van der Waals surface area (Å²) in [5.41, 5.74) is 11.0. The summed E-state index contributed by atoms with van der Waals surface area (Å²) in [4.78, 5) is 24.6. The number of piperidine rings is 2. The highest BCUT2D eigenvalue weighted by molar-refractivity contribution is 5.95. The lowest BCUT2D eigenvalue weighted by atomic mass is 9.99. The van der Waals surface area contributed by atoms with E-state index in [0.29, 0.717) is 30.5 Å². The van der Waals surface area contributed by atoms with E-state index in [1.165, 1.54) is 6.42 Å². The quantitative estimate of drug-likeness (QED) is 0.468. The maximum Gasteiger partial charge on any atom is 0.253 e. The third-order valence-corrected chi connectivity index (χ3v) is 7.19. The number of halogens is 1. The van der Waals surface area contributed by atoms with Gasteiger partial charge in [0, 0.05) is 36.3 Å². The topological polar surface area (TPSA) is 93.4 Å². The molecule has 3 heterocycles. The molecule has 0 unspecified atom stereocenters. The van der Waals surface area contributed by atoms with E-state index in [9.17, 15) is 4.79 Å². The number of benzene rings is 2. The summed E-state index contributed by atoms with van der Waals surface area (Å²) in [5, 5.41) is 3.39. The van der Waals surface area contributed by atoms with E-state index >= 15 is 0 Å². The maximum atomic E-state index is 12.9. The Labute approximate surface area is 225 Å². The lowest BCUT2D eigenvalue weighted by Gasteiger charge is -2.26. The van der Waals surface area contributed by atoms with Crippen molar-refractivity contribution in [2.75, 3.05) is 32.8 Å². The summed E-state index contributed by atoms with van der Waals surface area (Å²) >= 11 is 0. The molecular formula is C29H36ClN5O2. The third-order valence-electron chi connectivity index (χ3n) is 7.19. The van der Waals surface area contributed by atoms with Gasteiger partial charge in [-0.15, -0.1) is 12.4 Å². The first-order chi connectivity index (χ1) is 17.7. The lowest BCUT2D eigenvalue weighted by molar-refractivity contribution is 0.0724. The van der Waals surface area contributed by atoms with Crippen LogP contribution in [-0.4, -0.2) is 53.6 Å². The van der Waals surface area contributed by atoms with Gasteiger partial charge in [0.2, 0.25) is 5.88 Å². The Bertz CT molecular complexity index is 1160. The molecule has 0 saturated carbocycles. The van der Waals surface area contributed by atoms with Gasteiger partial charge in [0.15, 0.2) is 0 Å². The SMILES string of the molecule is Cl.NCc1ccc(-c2ncc(OCC3CCNCC3)nc2-c2ccc(C(=O)N3CCCCC3)cc2)cc1. The first kappa shape index (κ1) is 27.0. The molecule has 7 nitrogen and oxygen atoms in total. The lowest BCUT2D eigenvalue weighted by Crippen LogP contribution is -2.35. The molecule has 1 amide bonds. The molecule has 3 aromatic rings. The number of rotatable bonds is 7. The molecule has 2 aliphatic heterocycles. The van der Waals surface area contributed by atoms with Gasteiger partial charge in [-0.2, -0.15) is 0 Å². The molecule has 0 spiro atoms. The van der Waals surface area contributed by atoms with Crippen LogP contribution in [0.1, 0.15) is 48.0 Å². The van der Waals surface area contributed by atoms with Crippen LogP contribution in [0.3, 0.4) is 0 Å². The second-order valence-electron chi connectivity index (χ2n) is 9.74. The van der Waals surface area contributed by atoms with Crippen LogP contribution in [0.25, 0.3) is 22.5 Å². The Kier molecular flexibility index (Phi) is 9.50. The molecule has 0 atom stereocenters. The van der Waals surface area contributed by atoms with E-state index < -0.39 is 0 Å². The highest BCUT2D eigenvalue weighted by atomic mass is 35.5. The van der Waals surface area contributed by atoms with Gasteiger partial charge in [-0.3, -0.25) is 4.79 Å². The zero-order valence-electron chi connectivity index (χ0n) is 21.2. The van der Waals surface area contributed by atoms with Crippen molar-refractivity contribution in [3.05, 3.63) is 65.9 Å². The number of carbonyl (C=O) groups is 1. The van der Waals surface area contributed by atoms with E-state index in [4.69, 9.17) is 20.4 Å². The van der Waals surface area contributed by atoms with E-state index in [1.54, 1.807) is 6.20 Å². The molecule has 1 aromatic heterocycles. The first-order valence-electron chi connectivity index (χ1n) is 13.1. The van der Waals surface area contributed by atoms with Gasteiger partial charge >= 0.3 is 0 Å². The summed E-state index contributed by atoms with van der Waals surface area (Å²) in [7, 11) is 0. The Morgan fingerprint density at radius 1 is 0.946 bits per heavy atom. The molecule has 0 radical (unpaired) electrons. The molecule has 2 aliphatic rings. The van der Waals surface area contributed by atoms with Gasteiger partial charge in [0.05, 0.1) is 18.5 Å². The van der Waals surface area contributed by atoms with Gasteiger partial charge in [-0.05, 0) is 68.8 Å². The van der Waals surface area contributed by atoms with E-state index in [0.717, 1.165) is 79.9 Å². The van der Waals surface area contributed by atoms with Crippen LogP contribution in [0.5, 0.6) is 5.88 Å². The molecular weight excluding hydrogens is 486 g/mol. The van der Waals surface area contributed by atoms with Crippen LogP contribution in [0.15, 0.2) is 54.7 Å². The van der Waals surface area contributed by atoms with Gasteiger partial charge < -0.3 is 20.7 Å². The molecule has 8 heteroatoms. The minimum atomic E-state index is 0. The predicted molar refractivity (Wildman–Crippen MR) is 149 cm³/mol. The number of hydrogen-bond donors (Lipinski definition) is 2. The van der Waals surface area contributed by atoms with Gasteiger partial charge in [0.1, 0.15) is 5.69 Å². The fraction of sp³-hybridized carbons (Fsp3) is 0.414. The van der Waals surface area contributed by atoms with Gasteiger partial charge in [-0.1, -0.05) is 36.4 Å². The normalized spacial score (nSPS) is 16.2. The van der Waals surface area contributed by atoms with Crippen molar-refractivity contribution in [1.29, 1.82) is 0 Å². The number of nitrogens with one attached hydrogen (secondary N) is 1. The first-order valence-corrected chi connectivity index (χ1v) is 13.1. The molecule has 196 valence electrons. The minimum absolute atomic E-state index is 0. The van der Waals surface area contributed by atoms with E-state index in [-0.39, 0.29) is 18.3 Å². The standard InChI is InChI=1S/C29H35N5O2.ClH/c30-18-21-4-6-23(7-5-21)27-28(33-26(19-32-27)36-20-22-12-14-31-15-13-22)24-8-10-25(11-9-24)29(35)34-16-2-1-3-17-34;/h4-11,19,22,31H,1-3,12-18,20,30H2;1H. The van der Waals surface area contributed by atoms with Crippen molar-refractivity contribution in [3.63, 3.8) is 0 Å². The fourth-order valence-corrected chi connectivity index (χ4v) is 4.96. The van der Waals surface area contributed by atoms with E-state index in [2.05, 4.69) is 5.32 Å². The molecule has 2 saturated heterocycles. The Balaban J connectivity index is 0.00000320. The average Bonchev–Trinajstić information content (AvgIpc) is 2.97. The van der Waals surface area contributed by atoms with Crippen molar-refractivity contribution in [3.8, 4) is 28.4 Å². The zero-order chi connectivity index (χ0) is 24.7. The van der Waals surface area contributed by atoms with Crippen molar-refractivity contribution in [1.82, 2.24) is 20.2 Å². The molecule has 3 N–H and O–H groups in total. The van der Waals surface area contributed by atoms with Crippen LogP contribution < -0.4 is 15.8 Å². The molecule has 37 heavy (non-hydrogen) atoms. The number of amides is 1. The Hall–Kier alpha value is -3.00. The molecule has 0 bridgehead atoms. The van der Waals surface area contributed by atoms with Gasteiger partial charge in [0.25, 0.3) is 5.91 Å². The Morgan fingerprint density at radius 3 is 2.27 bits per heavy atom. The minimum Gasteiger partial charge on any atom is -0.476 e. The highest BCUT2D eigenvalue weighted by Crippen LogP contribution is 2.31. The number of aromatic nitrogens is 2. The number of carbonyl (C=O) groups excluding carboxylic acids is 1. The van der Waals surface area contributed by atoms with Crippen LogP contribution >= 0.6 is 12.4 Å². The molecule has 2 fully saturated rings. The monoisotopic (exact) mass is 521 g/mol. The van der Waals surface area contributed by atoms with Crippen LogP contribution in [-0.2, 0) is 6.54 Å². The van der Waals surface area contributed by atoms with Crippen molar-refractivity contribution >= 4 is 18.3 Å². The van der Waals surface area contributed by atoms with Gasteiger partial charge in [-0.25, -0.2) is 9.97 Å². The average molecular weight is 522 g/mol. The van der Waals surface area contributed by atoms with Crippen LogP contribution in [0, 0.1) is 5.92 Å².